The van der Waals surface area contributed by atoms with E-state index in [0.717, 1.165) is 36.0 Å². The Hall–Kier alpha value is -2.80. The summed E-state index contributed by atoms with van der Waals surface area (Å²) in [6.45, 7) is 3.49. The molecule has 2 aromatic heterocycles. The highest BCUT2D eigenvalue weighted by Crippen LogP contribution is 2.21. The van der Waals surface area contributed by atoms with E-state index < -0.39 is 0 Å². The fraction of sp³-hybridized carbons (Fsp3) is 0.333. The first-order valence-electron chi connectivity index (χ1n) is 8.52. The first-order valence-corrected chi connectivity index (χ1v) is 8.52. The summed E-state index contributed by atoms with van der Waals surface area (Å²) in [5.74, 6) is -0.184. The van der Waals surface area contributed by atoms with Crippen LogP contribution in [0.2, 0.25) is 0 Å². The Morgan fingerprint density at radius 1 is 1.36 bits per heavy atom. The van der Waals surface area contributed by atoms with Crippen molar-refractivity contribution in [3.05, 3.63) is 47.9 Å². The van der Waals surface area contributed by atoms with Gasteiger partial charge in [-0.05, 0) is 50.6 Å². The summed E-state index contributed by atoms with van der Waals surface area (Å²) >= 11 is 0. The third kappa shape index (κ3) is 2.98. The van der Waals surface area contributed by atoms with Gasteiger partial charge < -0.3 is 10.6 Å². The van der Waals surface area contributed by atoms with Crippen LogP contribution >= 0.6 is 0 Å². The molecule has 7 heteroatoms. The Labute approximate surface area is 145 Å². The minimum absolute atomic E-state index is 0.184. The number of fused-ring (bicyclic) bond motifs is 1. The molecule has 1 fully saturated rings. The van der Waals surface area contributed by atoms with Crippen LogP contribution in [0.25, 0.3) is 16.6 Å². The molecule has 1 aliphatic heterocycles. The highest BCUT2D eigenvalue weighted by Gasteiger charge is 2.20. The third-order valence-corrected chi connectivity index (χ3v) is 4.63. The SMILES string of the molecule is Cc1c(C(=O)NCC2CCCN2)nnn1-c1cccc2ncccc12. The van der Waals surface area contributed by atoms with Crippen LogP contribution in [0.4, 0.5) is 0 Å². The van der Waals surface area contributed by atoms with Crippen molar-refractivity contribution in [1.82, 2.24) is 30.6 Å². The Kier molecular flexibility index (Phi) is 4.15. The number of rotatable bonds is 4. The number of hydrogen-bond acceptors (Lipinski definition) is 5. The van der Waals surface area contributed by atoms with Crippen LogP contribution in [-0.4, -0.2) is 45.0 Å². The number of benzene rings is 1. The molecule has 0 saturated carbocycles. The van der Waals surface area contributed by atoms with E-state index in [1.165, 1.54) is 0 Å². The molecule has 1 amide bonds. The summed E-state index contributed by atoms with van der Waals surface area (Å²) in [5, 5.41) is 15.6. The Morgan fingerprint density at radius 2 is 2.28 bits per heavy atom. The van der Waals surface area contributed by atoms with Crippen molar-refractivity contribution in [2.24, 2.45) is 0 Å². The zero-order chi connectivity index (χ0) is 17.2. The second-order valence-electron chi connectivity index (χ2n) is 6.29. The zero-order valence-electron chi connectivity index (χ0n) is 14.1. The number of aromatic nitrogens is 4. The van der Waals surface area contributed by atoms with Gasteiger partial charge in [-0.3, -0.25) is 9.78 Å². The van der Waals surface area contributed by atoms with E-state index in [4.69, 9.17) is 0 Å². The van der Waals surface area contributed by atoms with Crippen LogP contribution < -0.4 is 10.6 Å². The van der Waals surface area contributed by atoms with Gasteiger partial charge in [-0.2, -0.15) is 0 Å². The molecule has 1 saturated heterocycles. The first kappa shape index (κ1) is 15.7. The van der Waals surface area contributed by atoms with E-state index in [-0.39, 0.29) is 5.91 Å². The van der Waals surface area contributed by atoms with Gasteiger partial charge in [0.1, 0.15) is 0 Å². The van der Waals surface area contributed by atoms with E-state index in [1.807, 2.05) is 37.3 Å². The maximum Gasteiger partial charge on any atom is 0.273 e. The second kappa shape index (κ2) is 6.60. The van der Waals surface area contributed by atoms with Gasteiger partial charge in [0.15, 0.2) is 5.69 Å². The molecular formula is C18H20N6O. The molecule has 0 spiro atoms. The molecule has 25 heavy (non-hydrogen) atoms. The standard InChI is InChI=1S/C18H20N6O/c1-12-17(18(25)21-11-13-5-3-9-19-13)22-23-24(12)16-8-2-7-15-14(16)6-4-10-20-15/h2,4,6-8,10,13,19H,3,5,9,11H2,1H3,(H,21,25). The number of amides is 1. The third-order valence-electron chi connectivity index (χ3n) is 4.63. The van der Waals surface area contributed by atoms with Gasteiger partial charge in [0, 0.05) is 24.2 Å². The molecule has 3 aromatic rings. The normalized spacial score (nSPS) is 17.1. The van der Waals surface area contributed by atoms with Gasteiger partial charge in [0.2, 0.25) is 0 Å². The van der Waals surface area contributed by atoms with Gasteiger partial charge in [-0.1, -0.05) is 11.3 Å². The molecule has 0 radical (unpaired) electrons. The average Bonchev–Trinajstić information content (AvgIpc) is 3.29. The van der Waals surface area contributed by atoms with Crippen molar-refractivity contribution >= 4 is 16.8 Å². The van der Waals surface area contributed by atoms with Crippen LogP contribution in [0.3, 0.4) is 0 Å². The molecule has 1 atom stereocenters. The van der Waals surface area contributed by atoms with Crippen LogP contribution in [0.1, 0.15) is 29.0 Å². The zero-order valence-corrected chi connectivity index (χ0v) is 14.1. The molecule has 3 heterocycles. The second-order valence-corrected chi connectivity index (χ2v) is 6.29. The van der Waals surface area contributed by atoms with Crippen LogP contribution in [0.5, 0.6) is 0 Å². The topological polar surface area (TPSA) is 84.7 Å². The predicted octanol–water partition coefficient (Wildman–Crippen LogP) is 1.61. The van der Waals surface area contributed by atoms with Crippen molar-refractivity contribution in [2.45, 2.75) is 25.8 Å². The van der Waals surface area contributed by atoms with E-state index in [1.54, 1.807) is 10.9 Å². The maximum atomic E-state index is 12.5. The smallest absolute Gasteiger partial charge is 0.273 e. The van der Waals surface area contributed by atoms with E-state index in [2.05, 4.69) is 25.9 Å². The van der Waals surface area contributed by atoms with Crippen molar-refractivity contribution < 1.29 is 4.79 Å². The van der Waals surface area contributed by atoms with E-state index in [9.17, 15) is 4.79 Å². The van der Waals surface area contributed by atoms with Crippen LogP contribution in [0.15, 0.2) is 36.5 Å². The van der Waals surface area contributed by atoms with Crippen molar-refractivity contribution in [2.75, 3.05) is 13.1 Å². The largest absolute Gasteiger partial charge is 0.349 e. The fourth-order valence-electron chi connectivity index (χ4n) is 3.27. The lowest BCUT2D eigenvalue weighted by atomic mass is 10.1. The number of pyridine rings is 1. The maximum absolute atomic E-state index is 12.5. The Morgan fingerprint density at radius 3 is 3.12 bits per heavy atom. The lowest BCUT2D eigenvalue weighted by molar-refractivity contribution is 0.0944. The molecule has 1 aliphatic rings. The number of nitrogens with zero attached hydrogens (tertiary/aromatic N) is 4. The molecule has 0 bridgehead atoms. The highest BCUT2D eigenvalue weighted by molar-refractivity contribution is 5.94. The van der Waals surface area contributed by atoms with E-state index >= 15 is 0 Å². The number of carbonyl (C=O) groups is 1. The molecule has 1 unspecified atom stereocenters. The van der Waals surface area contributed by atoms with Crippen molar-refractivity contribution in [3.8, 4) is 5.69 Å². The molecule has 128 valence electrons. The molecule has 7 nitrogen and oxygen atoms in total. The summed E-state index contributed by atoms with van der Waals surface area (Å²) in [6.07, 6.45) is 4.01. The molecule has 1 aromatic carbocycles. The van der Waals surface area contributed by atoms with Gasteiger partial charge in [0.25, 0.3) is 5.91 Å². The first-order chi connectivity index (χ1) is 12.2. The van der Waals surface area contributed by atoms with Gasteiger partial charge in [0.05, 0.1) is 16.9 Å². The average molecular weight is 336 g/mol. The minimum Gasteiger partial charge on any atom is -0.349 e. The van der Waals surface area contributed by atoms with E-state index in [0.29, 0.717) is 24.0 Å². The Balaban J connectivity index is 1.61. The summed E-state index contributed by atoms with van der Waals surface area (Å²) in [7, 11) is 0. The summed E-state index contributed by atoms with van der Waals surface area (Å²) in [6, 6.07) is 10.1. The quantitative estimate of drug-likeness (QED) is 0.756. The molecule has 0 aliphatic carbocycles. The predicted molar refractivity (Wildman–Crippen MR) is 94.8 cm³/mol. The van der Waals surface area contributed by atoms with Crippen LogP contribution in [0, 0.1) is 6.92 Å². The monoisotopic (exact) mass is 336 g/mol. The summed E-state index contributed by atoms with van der Waals surface area (Å²) in [5.41, 5.74) is 2.83. The number of carbonyl (C=O) groups excluding carboxylic acids is 1. The molecule has 2 N–H and O–H groups in total. The van der Waals surface area contributed by atoms with Gasteiger partial charge in [-0.15, -0.1) is 5.10 Å². The Bertz CT molecular complexity index is 908. The molecular weight excluding hydrogens is 316 g/mol. The lowest BCUT2D eigenvalue weighted by Crippen LogP contribution is -2.37. The van der Waals surface area contributed by atoms with Gasteiger partial charge in [-0.25, -0.2) is 4.68 Å². The summed E-state index contributed by atoms with van der Waals surface area (Å²) < 4.78 is 1.70. The van der Waals surface area contributed by atoms with Crippen molar-refractivity contribution in [1.29, 1.82) is 0 Å². The van der Waals surface area contributed by atoms with Crippen molar-refractivity contribution in [3.63, 3.8) is 0 Å². The number of nitrogens with one attached hydrogen (secondary N) is 2. The van der Waals surface area contributed by atoms with Gasteiger partial charge >= 0.3 is 0 Å². The van der Waals surface area contributed by atoms with Crippen LogP contribution in [-0.2, 0) is 0 Å². The number of hydrogen-bond donors (Lipinski definition) is 2. The minimum atomic E-state index is -0.184. The highest BCUT2D eigenvalue weighted by atomic mass is 16.2. The molecule has 4 rings (SSSR count). The lowest BCUT2D eigenvalue weighted by Gasteiger charge is -2.11. The fourth-order valence-corrected chi connectivity index (χ4v) is 3.27. The summed E-state index contributed by atoms with van der Waals surface area (Å²) in [4.78, 5) is 16.8.